The number of carbonyl (C=O) groups excluding carboxylic acids is 1. The molecule has 1 aliphatic rings. The minimum absolute atomic E-state index is 0.00658. The molecule has 0 amide bonds. The van der Waals surface area contributed by atoms with E-state index in [0.29, 0.717) is 5.92 Å². The molecule has 0 radical (unpaired) electrons. The van der Waals surface area contributed by atoms with Gasteiger partial charge in [0, 0.05) is 20.0 Å². The van der Waals surface area contributed by atoms with E-state index in [4.69, 9.17) is 4.74 Å². The maximum Gasteiger partial charge on any atom is 0.302 e. The Balaban J connectivity index is 2.01. The molecule has 0 aliphatic carbocycles. The molecule has 1 aromatic carbocycles. The number of esters is 1. The highest BCUT2D eigenvalue weighted by molar-refractivity contribution is 5.66. The summed E-state index contributed by atoms with van der Waals surface area (Å²) in [4.78, 5) is 11.0. The molecule has 0 saturated carbocycles. The molecule has 0 bridgehead atoms. The Morgan fingerprint density at radius 3 is 2.67 bits per heavy atom. The Labute approximate surface area is 109 Å². The number of hydrogen-bond donors (Lipinski definition) is 1. The quantitative estimate of drug-likeness (QED) is 0.833. The van der Waals surface area contributed by atoms with Crippen LogP contribution in [0.25, 0.3) is 0 Å². The summed E-state index contributed by atoms with van der Waals surface area (Å²) in [6.07, 6.45) is 1.99. The van der Waals surface area contributed by atoms with Crippen LogP contribution in [0.4, 0.5) is 0 Å². The number of nitrogens with one attached hydrogen (secondary N) is 1. The zero-order valence-corrected chi connectivity index (χ0v) is 11.1. The summed E-state index contributed by atoms with van der Waals surface area (Å²) in [6.45, 7) is 5.36. The van der Waals surface area contributed by atoms with Gasteiger partial charge in [0.2, 0.25) is 0 Å². The maximum absolute atomic E-state index is 11.0. The average Bonchev–Trinajstić information content (AvgIpc) is 2.38. The molecule has 1 aromatic rings. The van der Waals surface area contributed by atoms with Crippen LogP contribution in [-0.2, 0) is 16.0 Å². The monoisotopic (exact) mass is 247 g/mol. The highest BCUT2D eigenvalue weighted by Crippen LogP contribution is 2.25. The third kappa shape index (κ3) is 3.33. The molecule has 1 N–H and O–H groups in total. The van der Waals surface area contributed by atoms with E-state index in [9.17, 15) is 4.79 Å². The van der Waals surface area contributed by atoms with Gasteiger partial charge in [-0.3, -0.25) is 4.79 Å². The van der Waals surface area contributed by atoms with Crippen molar-refractivity contribution in [2.75, 3.05) is 13.1 Å². The lowest BCUT2D eigenvalue weighted by Crippen LogP contribution is -2.40. The van der Waals surface area contributed by atoms with Gasteiger partial charge < -0.3 is 10.1 Å². The van der Waals surface area contributed by atoms with Gasteiger partial charge in [-0.25, -0.2) is 0 Å². The molecular weight excluding hydrogens is 226 g/mol. The van der Waals surface area contributed by atoms with Crippen LogP contribution in [0, 0.1) is 0 Å². The summed E-state index contributed by atoms with van der Waals surface area (Å²) >= 11 is 0. The standard InChI is InChI=1S/C15H21NO2/c1-3-12-4-6-13(7-5-12)14-8-15(10-16-9-14)18-11(2)17/h4-7,14-16H,3,8-10H2,1-2H3. The minimum atomic E-state index is -0.191. The van der Waals surface area contributed by atoms with Gasteiger partial charge in [-0.15, -0.1) is 0 Å². The number of ether oxygens (including phenoxy) is 1. The Kier molecular flexibility index (Phi) is 4.37. The van der Waals surface area contributed by atoms with E-state index < -0.39 is 0 Å². The topological polar surface area (TPSA) is 38.3 Å². The first-order valence-corrected chi connectivity index (χ1v) is 6.65. The van der Waals surface area contributed by atoms with E-state index in [0.717, 1.165) is 25.9 Å². The van der Waals surface area contributed by atoms with E-state index in [-0.39, 0.29) is 12.1 Å². The second kappa shape index (κ2) is 6.01. The van der Waals surface area contributed by atoms with Gasteiger partial charge in [-0.1, -0.05) is 31.2 Å². The van der Waals surface area contributed by atoms with Crippen LogP contribution in [0.3, 0.4) is 0 Å². The van der Waals surface area contributed by atoms with Crippen molar-refractivity contribution in [1.29, 1.82) is 0 Å². The predicted octanol–water partition coefficient (Wildman–Crippen LogP) is 2.26. The number of aryl methyl sites for hydroxylation is 1. The van der Waals surface area contributed by atoms with Gasteiger partial charge >= 0.3 is 5.97 Å². The number of carbonyl (C=O) groups is 1. The molecule has 1 fully saturated rings. The first kappa shape index (κ1) is 13.1. The second-order valence-corrected chi connectivity index (χ2v) is 4.92. The Morgan fingerprint density at radius 1 is 1.33 bits per heavy atom. The second-order valence-electron chi connectivity index (χ2n) is 4.92. The average molecular weight is 247 g/mol. The van der Waals surface area contributed by atoms with Gasteiger partial charge in [0.15, 0.2) is 0 Å². The number of hydrogen-bond acceptors (Lipinski definition) is 3. The van der Waals surface area contributed by atoms with E-state index in [1.54, 1.807) is 0 Å². The molecule has 0 spiro atoms. The number of benzene rings is 1. The van der Waals surface area contributed by atoms with Gasteiger partial charge in [0.1, 0.15) is 6.10 Å². The van der Waals surface area contributed by atoms with Crippen LogP contribution in [-0.4, -0.2) is 25.2 Å². The molecule has 0 aromatic heterocycles. The largest absolute Gasteiger partial charge is 0.461 e. The third-order valence-electron chi connectivity index (χ3n) is 3.50. The smallest absolute Gasteiger partial charge is 0.302 e. The van der Waals surface area contributed by atoms with Crippen LogP contribution in [0.2, 0.25) is 0 Å². The van der Waals surface area contributed by atoms with Crippen molar-refractivity contribution in [3.05, 3.63) is 35.4 Å². The Bertz CT molecular complexity index is 399. The summed E-state index contributed by atoms with van der Waals surface area (Å²) in [6, 6.07) is 8.76. The first-order chi connectivity index (χ1) is 8.69. The van der Waals surface area contributed by atoms with Crippen molar-refractivity contribution in [2.24, 2.45) is 0 Å². The van der Waals surface area contributed by atoms with Gasteiger partial charge in [-0.05, 0) is 29.9 Å². The van der Waals surface area contributed by atoms with E-state index in [1.165, 1.54) is 18.1 Å². The van der Waals surface area contributed by atoms with Crippen molar-refractivity contribution >= 4 is 5.97 Å². The maximum atomic E-state index is 11.0. The molecule has 1 heterocycles. The lowest BCUT2D eigenvalue weighted by atomic mass is 9.89. The highest BCUT2D eigenvalue weighted by Gasteiger charge is 2.24. The molecule has 3 nitrogen and oxygen atoms in total. The zero-order chi connectivity index (χ0) is 13.0. The molecular formula is C15H21NO2. The van der Waals surface area contributed by atoms with E-state index >= 15 is 0 Å². The summed E-state index contributed by atoms with van der Waals surface area (Å²) in [5.41, 5.74) is 2.69. The van der Waals surface area contributed by atoms with E-state index in [1.807, 2.05) is 0 Å². The summed E-state index contributed by atoms with van der Waals surface area (Å²) in [5.74, 6) is 0.248. The fourth-order valence-corrected chi connectivity index (χ4v) is 2.51. The SMILES string of the molecule is CCc1ccc(C2CNCC(OC(C)=O)C2)cc1. The van der Waals surface area contributed by atoms with E-state index in [2.05, 4.69) is 36.5 Å². The molecule has 1 saturated heterocycles. The third-order valence-corrected chi connectivity index (χ3v) is 3.50. The minimum Gasteiger partial charge on any atom is -0.461 e. The number of piperidine rings is 1. The lowest BCUT2D eigenvalue weighted by Gasteiger charge is -2.29. The molecule has 2 rings (SSSR count). The van der Waals surface area contributed by atoms with Crippen LogP contribution in [0.5, 0.6) is 0 Å². The fourth-order valence-electron chi connectivity index (χ4n) is 2.51. The summed E-state index contributed by atoms with van der Waals surface area (Å²) in [5, 5.41) is 3.34. The van der Waals surface area contributed by atoms with Crippen LogP contribution >= 0.6 is 0 Å². The lowest BCUT2D eigenvalue weighted by molar-refractivity contribution is -0.147. The normalized spacial score (nSPS) is 23.7. The van der Waals surface area contributed by atoms with Crippen LogP contribution < -0.4 is 5.32 Å². The van der Waals surface area contributed by atoms with Crippen molar-refractivity contribution in [3.63, 3.8) is 0 Å². The van der Waals surface area contributed by atoms with Crippen LogP contribution in [0.1, 0.15) is 37.3 Å². The molecule has 1 aliphatic heterocycles. The molecule has 2 unspecified atom stereocenters. The van der Waals surface area contributed by atoms with Gasteiger partial charge in [0.25, 0.3) is 0 Å². The predicted molar refractivity (Wildman–Crippen MR) is 71.6 cm³/mol. The summed E-state index contributed by atoms with van der Waals surface area (Å²) < 4.78 is 5.29. The van der Waals surface area contributed by atoms with Crippen molar-refractivity contribution in [2.45, 2.75) is 38.7 Å². The van der Waals surface area contributed by atoms with Gasteiger partial charge in [0.05, 0.1) is 0 Å². The van der Waals surface area contributed by atoms with Crippen molar-refractivity contribution in [3.8, 4) is 0 Å². The Morgan fingerprint density at radius 2 is 2.06 bits per heavy atom. The van der Waals surface area contributed by atoms with Crippen molar-refractivity contribution < 1.29 is 9.53 Å². The Hall–Kier alpha value is -1.35. The first-order valence-electron chi connectivity index (χ1n) is 6.65. The number of rotatable bonds is 3. The molecule has 3 heteroatoms. The zero-order valence-electron chi connectivity index (χ0n) is 11.1. The van der Waals surface area contributed by atoms with Gasteiger partial charge in [-0.2, -0.15) is 0 Å². The summed E-state index contributed by atoms with van der Waals surface area (Å²) in [7, 11) is 0. The van der Waals surface area contributed by atoms with Crippen LogP contribution in [0.15, 0.2) is 24.3 Å². The molecule has 2 atom stereocenters. The molecule has 18 heavy (non-hydrogen) atoms. The molecule has 98 valence electrons. The highest BCUT2D eigenvalue weighted by atomic mass is 16.5. The fraction of sp³-hybridized carbons (Fsp3) is 0.533. The van der Waals surface area contributed by atoms with Crippen molar-refractivity contribution in [1.82, 2.24) is 5.32 Å².